The maximum absolute atomic E-state index is 9.60. The third-order valence-corrected chi connectivity index (χ3v) is 2.59. The van der Waals surface area contributed by atoms with Crippen LogP contribution in [0.15, 0.2) is 12.7 Å². The Balaban J connectivity index is 4.01. The van der Waals surface area contributed by atoms with E-state index in [1.54, 1.807) is 6.08 Å². The highest BCUT2D eigenvalue weighted by Gasteiger charge is 2.18. The van der Waals surface area contributed by atoms with Gasteiger partial charge in [-0.2, -0.15) is 0 Å². The second kappa shape index (κ2) is 7.45. The maximum atomic E-state index is 9.60. The zero-order chi connectivity index (χ0) is 11.1. The van der Waals surface area contributed by atoms with Crippen molar-refractivity contribution in [1.82, 2.24) is 0 Å². The van der Waals surface area contributed by atoms with Crippen LogP contribution in [0.4, 0.5) is 0 Å². The van der Waals surface area contributed by atoms with Gasteiger partial charge < -0.3 is 9.63 Å². The quantitative estimate of drug-likeness (QED) is 0.400. The van der Waals surface area contributed by atoms with Gasteiger partial charge >= 0.3 is 0 Å². The van der Waals surface area contributed by atoms with Crippen LogP contribution in [0.25, 0.3) is 0 Å². The Hall–Kier alpha value is 0.155. The fourth-order valence-corrected chi connectivity index (χ4v) is 1.96. The monoisotopic (exact) mass is 214 g/mol. The number of aliphatic hydroxyl groups excluding tert-OH is 1. The highest BCUT2D eigenvalue weighted by atomic mass is 31.1. The van der Waals surface area contributed by atoms with Gasteiger partial charge in [0.05, 0.1) is 12.2 Å². The van der Waals surface area contributed by atoms with Gasteiger partial charge in [0.1, 0.15) is 7.57 Å². The molecule has 3 atom stereocenters. The summed E-state index contributed by atoms with van der Waals surface area (Å²) in [6, 6.07) is 0. The van der Waals surface area contributed by atoms with Gasteiger partial charge in [0.25, 0.3) is 0 Å². The molecule has 0 spiro atoms. The summed E-state index contributed by atoms with van der Waals surface area (Å²) in [5, 5.41) is 9.60. The average Bonchev–Trinajstić information content (AvgIpc) is 2.02. The van der Waals surface area contributed by atoms with E-state index in [9.17, 15) is 5.11 Å². The summed E-state index contributed by atoms with van der Waals surface area (Å²) in [5.74, 6) is 0.378. The molecule has 0 amide bonds. The molecule has 0 aromatic heterocycles. The largest absolute Gasteiger partial charge is 0.393 e. The van der Waals surface area contributed by atoms with E-state index in [1.165, 1.54) is 0 Å². The molecule has 0 aromatic carbocycles. The fourth-order valence-electron chi connectivity index (χ4n) is 1.21. The van der Waals surface area contributed by atoms with Crippen molar-refractivity contribution in [3.8, 4) is 0 Å². The van der Waals surface area contributed by atoms with Gasteiger partial charge in [0.15, 0.2) is 0 Å². The molecule has 0 aromatic rings. The predicted molar refractivity (Wildman–Crippen MR) is 63.7 cm³/mol. The highest BCUT2D eigenvalue weighted by molar-refractivity contribution is 7.77. The van der Waals surface area contributed by atoms with E-state index in [0.29, 0.717) is 18.8 Å². The maximum Gasteiger partial charge on any atom is 0.148 e. The van der Waals surface area contributed by atoms with Gasteiger partial charge in [-0.05, 0) is 27.0 Å². The molecule has 0 bridgehead atoms. The normalized spacial score (nSPS) is 17.8. The third-order valence-electron chi connectivity index (χ3n) is 1.99. The summed E-state index contributed by atoms with van der Waals surface area (Å²) in [5.41, 5.74) is 0. The van der Waals surface area contributed by atoms with Crippen molar-refractivity contribution in [2.45, 2.75) is 38.9 Å². The number of rotatable bonds is 7. The van der Waals surface area contributed by atoms with E-state index in [1.807, 2.05) is 6.66 Å². The van der Waals surface area contributed by atoms with Crippen molar-refractivity contribution in [2.24, 2.45) is 5.92 Å². The van der Waals surface area contributed by atoms with Crippen LogP contribution in [0, 0.1) is 5.92 Å². The zero-order valence-electron chi connectivity index (χ0n) is 9.31. The molecule has 0 aliphatic carbocycles. The number of hydrogen-bond donors (Lipinski definition) is 1. The molecule has 0 heterocycles. The molecule has 80 valence electrons. The molecule has 2 nitrogen and oxygen atoms in total. The Bertz CT molecular complexity index is 162. The second-order valence-corrected chi connectivity index (χ2v) is 5.15. The lowest BCUT2D eigenvalue weighted by molar-refractivity contribution is 0.0809. The Labute approximate surface area is 89.9 Å². The van der Waals surface area contributed by atoms with E-state index in [-0.39, 0.29) is 12.2 Å². The lowest BCUT2D eigenvalue weighted by Crippen LogP contribution is -2.24. The SMILES string of the molecule is [B]P(C)O[C@H](C[C@@H](O)CC=C)C(C)C. The first-order chi connectivity index (χ1) is 6.47. The van der Waals surface area contributed by atoms with E-state index in [2.05, 4.69) is 20.4 Å². The molecule has 1 N–H and O–H groups in total. The van der Waals surface area contributed by atoms with Crippen LogP contribution in [0.3, 0.4) is 0 Å². The van der Waals surface area contributed by atoms with Crippen molar-refractivity contribution < 1.29 is 9.63 Å². The molecule has 0 fully saturated rings. The lowest BCUT2D eigenvalue weighted by atomic mass is 10.00. The van der Waals surface area contributed by atoms with Crippen LogP contribution in [0.2, 0.25) is 0 Å². The number of aliphatic hydroxyl groups is 1. The average molecular weight is 214 g/mol. The highest BCUT2D eigenvalue weighted by Crippen LogP contribution is 2.31. The molecular formula is C10H20BO2P. The first kappa shape index (κ1) is 14.2. The Morgan fingerprint density at radius 1 is 1.57 bits per heavy atom. The van der Waals surface area contributed by atoms with Gasteiger partial charge in [-0.1, -0.05) is 19.9 Å². The minimum atomic E-state index is -0.849. The molecule has 0 rings (SSSR count). The summed E-state index contributed by atoms with van der Waals surface area (Å²) < 4.78 is 5.58. The number of hydrogen-bond acceptors (Lipinski definition) is 2. The lowest BCUT2D eigenvalue weighted by Gasteiger charge is -2.26. The van der Waals surface area contributed by atoms with Gasteiger partial charge in [-0.25, -0.2) is 0 Å². The summed E-state index contributed by atoms with van der Waals surface area (Å²) in [6.45, 7) is 9.61. The summed E-state index contributed by atoms with van der Waals surface area (Å²) >= 11 is 0. The molecule has 0 saturated carbocycles. The molecule has 0 saturated heterocycles. The van der Waals surface area contributed by atoms with E-state index in [4.69, 9.17) is 12.1 Å². The Morgan fingerprint density at radius 2 is 2.14 bits per heavy atom. The van der Waals surface area contributed by atoms with E-state index < -0.39 is 8.03 Å². The molecule has 0 aliphatic rings. The molecule has 14 heavy (non-hydrogen) atoms. The van der Waals surface area contributed by atoms with Gasteiger partial charge in [-0.3, -0.25) is 0 Å². The molecular weight excluding hydrogens is 194 g/mol. The zero-order valence-corrected chi connectivity index (χ0v) is 10.2. The molecule has 2 radical (unpaired) electrons. The Kier molecular flexibility index (Phi) is 7.53. The summed E-state index contributed by atoms with van der Waals surface area (Å²) in [7, 11) is 4.77. The minimum absolute atomic E-state index is 0.0473. The van der Waals surface area contributed by atoms with Gasteiger partial charge in [-0.15, -0.1) is 6.58 Å². The third kappa shape index (κ3) is 6.59. The van der Waals surface area contributed by atoms with Crippen LogP contribution in [-0.4, -0.2) is 31.5 Å². The summed E-state index contributed by atoms with van der Waals surface area (Å²) in [4.78, 5) is 0. The van der Waals surface area contributed by atoms with Crippen LogP contribution in [-0.2, 0) is 4.52 Å². The van der Waals surface area contributed by atoms with Gasteiger partial charge in [0, 0.05) is 6.42 Å². The Morgan fingerprint density at radius 3 is 2.50 bits per heavy atom. The van der Waals surface area contributed by atoms with Crippen molar-refractivity contribution in [2.75, 3.05) is 6.66 Å². The minimum Gasteiger partial charge on any atom is -0.393 e. The van der Waals surface area contributed by atoms with Crippen LogP contribution in [0.1, 0.15) is 26.7 Å². The second-order valence-electron chi connectivity index (χ2n) is 3.85. The van der Waals surface area contributed by atoms with Crippen molar-refractivity contribution >= 4 is 15.6 Å². The van der Waals surface area contributed by atoms with Crippen LogP contribution < -0.4 is 0 Å². The van der Waals surface area contributed by atoms with Crippen LogP contribution >= 0.6 is 8.03 Å². The fraction of sp³-hybridized carbons (Fsp3) is 0.800. The van der Waals surface area contributed by atoms with E-state index >= 15 is 0 Å². The van der Waals surface area contributed by atoms with E-state index in [0.717, 1.165) is 0 Å². The molecule has 0 aliphatic heterocycles. The van der Waals surface area contributed by atoms with Crippen molar-refractivity contribution in [1.29, 1.82) is 0 Å². The van der Waals surface area contributed by atoms with Crippen molar-refractivity contribution in [3.05, 3.63) is 12.7 Å². The van der Waals surface area contributed by atoms with Gasteiger partial charge in [0.2, 0.25) is 0 Å². The first-order valence-electron chi connectivity index (χ1n) is 4.91. The summed E-state index contributed by atoms with van der Waals surface area (Å²) in [6.07, 6.45) is 2.65. The molecule has 1 unspecified atom stereocenters. The molecule has 4 heteroatoms. The predicted octanol–water partition coefficient (Wildman–Crippen LogP) is 2.46. The first-order valence-corrected chi connectivity index (χ1v) is 6.69. The standard InChI is InChI=1S/C10H20BO2P/c1-5-6-9(12)7-10(8(2)3)13-14(4)11/h5,8-10,12H,1,6-7H2,2-4H3/t9-,10+,14?/m0/s1. The topological polar surface area (TPSA) is 29.5 Å². The van der Waals surface area contributed by atoms with Crippen molar-refractivity contribution in [3.63, 3.8) is 0 Å². The smallest absolute Gasteiger partial charge is 0.148 e. The van der Waals surface area contributed by atoms with Crippen LogP contribution in [0.5, 0.6) is 0 Å².